The van der Waals surface area contributed by atoms with Crippen LogP contribution in [0, 0.1) is 0 Å². The van der Waals surface area contributed by atoms with Crippen LogP contribution < -0.4 is 14.4 Å². The highest BCUT2D eigenvalue weighted by Gasteiger charge is 2.23. The molecule has 0 aliphatic carbocycles. The molecule has 0 spiro atoms. The van der Waals surface area contributed by atoms with E-state index in [1.54, 1.807) is 24.3 Å². The van der Waals surface area contributed by atoms with Crippen LogP contribution in [0.25, 0.3) is 0 Å². The van der Waals surface area contributed by atoms with Gasteiger partial charge in [0.1, 0.15) is 12.3 Å². The van der Waals surface area contributed by atoms with Crippen molar-refractivity contribution >= 4 is 50.5 Å². The first-order valence-electron chi connectivity index (χ1n) is 7.66. The third-order valence-electron chi connectivity index (χ3n) is 3.33. The van der Waals surface area contributed by atoms with Crippen molar-refractivity contribution in [3.63, 3.8) is 0 Å². The summed E-state index contributed by atoms with van der Waals surface area (Å²) >= 11 is 12.0. The Labute approximate surface area is 162 Å². The van der Waals surface area contributed by atoms with E-state index in [2.05, 4.69) is 5.32 Å². The molecule has 0 aliphatic rings. The second-order valence-electron chi connectivity index (χ2n) is 5.34. The van der Waals surface area contributed by atoms with E-state index in [0.717, 1.165) is 10.6 Å². The SMILES string of the molecule is CCOc1ccccc1NC(=O)CN(c1cc(Cl)ccc1Cl)S(C)(=O)=O. The lowest BCUT2D eigenvalue weighted by molar-refractivity contribution is -0.114. The summed E-state index contributed by atoms with van der Waals surface area (Å²) in [6.45, 7) is 1.80. The molecule has 2 aromatic rings. The van der Waals surface area contributed by atoms with Crippen molar-refractivity contribution in [3.05, 3.63) is 52.5 Å². The lowest BCUT2D eigenvalue weighted by atomic mass is 10.3. The van der Waals surface area contributed by atoms with Crippen LogP contribution in [0.2, 0.25) is 10.0 Å². The number of hydrogen-bond donors (Lipinski definition) is 1. The van der Waals surface area contributed by atoms with Crippen molar-refractivity contribution in [2.75, 3.05) is 29.0 Å². The fourth-order valence-electron chi connectivity index (χ4n) is 2.23. The molecule has 0 aliphatic heterocycles. The topological polar surface area (TPSA) is 75.7 Å². The molecule has 0 radical (unpaired) electrons. The maximum Gasteiger partial charge on any atom is 0.245 e. The van der Waals surface area contributed by atoms with E-state index in [1.807, 2.05) is 6.92 Å². The molecule has 26 heavy (non-hydrogen) atoms. The molecular formula is C17H18Cl2N2O4S. The first kappa shape index (κ1) is 20.4. The van der Waals surface area contributed by atoms with Gasteiger partial charge in [0.05, 0.1) is 29.3 Å². The van der Waals surface area contributed by atoms with Gasteiger partial charge < -0.3 is 10.1 Å². The number of halogens is 2. The molecule has 0 unspecified atom stereocenters. The summed E-state index contributed by atoms with van der Waals surface area (Å²) < 4.78 is 30.7. The van der Waals surface area contributed by atoms with Crippen LogP contribution in [0.4, 0.5) is 11.4 Å². The molecule has 0 bridgehead atoms. The zero-order valence-corrected chi connectivity index (χ0v) is 16.5. The Hall–Kier alpha value is -1.96. The van der Waals surface area contributed by atoms with E-state index in [0.29, 0.717) is 23.1 Å². The number of nitrogens with one attached hydrogen (secondary N) is 1. The summed E-state index contributed by atoms with van der Waals surface area (Å²) in [5, 5.41) is 3.13. The van der Waals surface area contributed by atoms with Crippen LogP contribution in [-0.4, -0.2) is 33.7 Å². The van der Waals surface area contributed by atoms with Gasteiger partial charge in [-0.3, -0.25) is 9.10 Å². The highest BCUT2D eigenvalue weighted by molar-refractivity contribution is 7.92. The van der Waals surface area contributed by atoms with E-state index in [-0.39, 0.29) is 10.7 Å². The van der Waals surface area contributed by atoms with Crippen LogP contribution in [0.5, 0.6) is 5.75 Å². The monoisotopic (exact) mass is 416 g/mol. The maximum atomic E-state index is 12.4. The highest BCUT2D eigenvalue weighted by atomic mass is 35.5. The number of carbonyl (C=O) groups excluding carboxylic acids is 1. The van der Waals surface area contributed by atoms with Crippen molar-refractivity contribution in [3.8, 4) is 5.75 Å². The number of carbonyl (C=O) groups is 1. The maximum absolute atomic E-state index is 12.4. The Morgan fingerprint density at radius 1 is 1.19 bits per heavy atom. The molecule has 0 fully saturated rings. The van der Waals surface area contributed by atoms with Crippen molar-refractivity contribution in [1.29, 1.82) is 0 Å². The number of ether oxygens (including phenoxy) is 1. The van der Waals surface area contributed by atoms with E-state index in [4.69, 9.17) is 27.9 Å². The Morgan fingerprint density at radius 2 is 1.88 bits per heavy atom. The molecule has 2 rings (SSSR count). The van der Waals surface area contributed by atoms with Crippen LogP contribution >= 0.6 is 23.2 Å². The lowest BCUT2D eigenvalue weighted by Crippen LogP contribution is -2.37. The van der Waals surface area contributed by atoms with Crippen LogP contribution in [0.3, 0.4) is 0 Å². The molecule has 0 saturated heterocycles. The Balaban J connectivity index is 2.27. The van der Waals surface area contributed by atoms with Gasteiger partial charge in [-0.15, -0.1) is 0 Å². The largest absolute Gasteiger partial charge is 0.492 e. The summed E-state index contributed by atoms with van der Waals surface area (Å²) in [6, 6.07) is 11.3. The molecule has 140 valence electrons. The van der Waals surface area contributed by atoms with Gasteiger partial charge in [-0.2, -0.15) is 0 Å². The van der Waals surface area contributed by atoms with E-state index < -0.39 is 22.5 Å². The number of nitrogens with zero attached hydrogens (tertiary/aromatic N) is 1. The molecule has 0 atom stereocenters. The second-order valence-corrected chi connectivity index (χ2v) is 8.09. The smallest absolute Gasteiger partial charge is 0.245 e. The summed E-state index contributed by atoms with van der Waals surface area (Å²) in [5.41, 5.74) is 0.583. The van der Waals surface area contributed by atoms with Crippen molar-refractivity contribution in [1.82, 2.24) is 0 Å². The number of anilines is 2. The summed E-state index contributed by atoms with van der Waals surface area (Å²) in [6.07, 6.45) is 0.992. The second kappa shape index (κ2) is 8.62. The number of sulfonamides is 1. The third kappa shape index (κ3) is 5.27. The zero-order valence-electron chi connectivity index (χ0n) is 14.2. The summed E-state index contributed by atoms with van der Waals surface area (Å²) in [4.78, 5) is 12.4. The lowest BCUT2D eigenvalue weighted by Gasteiger charge is -2.23. The molecule has 9 heteroatoms. The van der Waals surface area contributed by atoms with Gasteiger partial charge in [0.25, 0.3) is 0 Å². The molecule has 0 saturated carbocycles. The van der Waals surface area contributed by atoms with Crippen LogP contribution in [-0.2, 0) is 14.8 Å². The summed E-state index contributed by atoms with van der Waals surface area (Å²) in [5.74, 6) is -0.0475. The minimum atomic E-state index is -3.77. The van der Waals surface area contributed by atoms with Crippen molar-refractivity contribution in [2.24, 2.45) is 0 Å². The third-order valence-corrected chi connectivity index (χ3v) is 5.01. The van der Waals surface area contributed by atoms with E-state index in [9.17, 15) is 13.2 Å². The molecule has 0 aromatic heterocycles. The summed E-state index contributed by atoms with van der Waals surface area (Å²) in [7, 11) is -3.77. The van der Waals surface area contributed by atoms with Gasteiger partial charge in [0.2, 0.25) is 15.9 Å². The molecule has 1 N–H and O–H groups in total. The quantitative estimate of drug-likeness (QED) is 0.744. The Morgan fingerprint density at radius 3 is 2.54 bits per heavy atom. The van der Waals surface area contributed by atoms with Gasteiger partial charge in [0.15, 0.2) is 0 Å². The predicted molar refractivity (Wildman–Crippen MR) is 105 cm³/mol. The number of amides is 1. The normalized spacial score (nSPS) is 11.1. The average molecular weight is 417 g/mol. The fourth-order valence-corrected chi connectivity index (χ4v) is 3.53. The molecular weight excluding hydrogens is 399 g/mol. The van der Waals surface area contributed by atoms with E-state index in [1.165, 1.54) is 18.2 Å². The van der Waals surface area contributed by atoms with Crippen LogP contribution in [0.1, 0.15) is 6.92 Å². The first-order valence-corrected chi connectivity index (χ1v) is 10.3. The molecule has 0 heterocycles. The number of rotatable bonds is 7. The highest BCUT2D eigenvalue weighted by Crippen LogP contribution is 2.31. The zero-order chi connectivity index (χ0) is 19.3. The fraction of sp³-hybridized carbons (Fsp3) is 0.235. The van der Waals surface area contributed by atoms with Crippen LogP contribution in [0.15, 0.2) is 42.5 Å². The predicted octanol–water partition coefficient (Wildman–Crippen LogP) is 3.80. The van der Waals surface area contributed by atoms with Gasteiger partial charge >= 0.3 is 0 Å². The first-order chi connectivity index (χ1) is 12.2. The van der Waals surface area contributed by atoms with Crippen molar-refractivity contribution in [2.45, 2.75) is 6.92 Å². The average Bonchev–Trinajstić information content (AvgIpc) is 2.56. The van der Waals surface area contributed by atoms with Crippen molar-refractivity contribution < 1.29 is 17.9 Å². The van der Waals surface area contributed by atoms with Gasteiger partial charge in [-0.05, 0) is 37.3 Å². The minimum absolute atomic E-state index is 0.134. The standard InChI is InChI=1S/C17H18Cl2N2O4S/c1-3-25-16-7-5-4-6-14(16)20-17(22)11-21(26(2,23)24)15-10-12(18)8-9-13(15)19/h4-10H,3,11H2,1-2H3,(H,20,22). The minimum Gasteiger partial charge on any atom is -0.492 e. The number of para-hydroxylation sites is 2. The van der Waals surface area contributed by atoms with Gasteiger partial charge in [-0.1, -0.05) is 35.3 Å². The van der Waals surface area contributed by atoms with E-state index >= 15 is 0 Å². The van der Waals surface area contributed by atoms with Gasteiger partial charge in [-0.25, -0.2) is 8.42 Å². The van der Waals surface area contributed by atoms with Gasteiger partial charge in [0, 0.05) is 5.02 Å². The molecule has 1 amide bonds. The number of benzene rings is 2. The number of hydrogen-bond acceptors (Lipinski definition) is 4. The molecule has 2 aromatic carbocycles. The Kier molecular flexibility index (Phi) is 6.75. The molecule has 6 nitrogen and oxygen atoms in total. The Bertz CT molecular complexity index is 903.